The minimum Gasteiger partial charge on any atom is -0.252 e. The molecule has 1 atom stereocenters. The van der Waals surface area contributed by atoms with Gasteiger partial charge in [-0.1, -0.05) is 18.2 Å². The van der Waals surface area contributed by atoms with E-state index in [0.717, 1.165) is 17.7 Å². The molecule has 0 saturated heterocycles. The van der Waals surface area contributed by atoms with Gasteiger partial charge in [0.2, 0.25) is 0 Å². The summed E-state index contributed by atoms with van der Waals surface area (Å²) in [7, 11) is 0. The molecule has 2 rings (SSSR count). The van der Waals surface area contributed by atoms with E-state index in [1.54, 1.807) is 0 Å². The van der Waals surface area contributed by atoms with Crippen molar-refractivity contribution in [1.82, 2.24) is 0 Å². The van der Waals surface area contributed by atoms with Crippen molar-refractivity contribution < 1.29 is 4.33 Å². The lowest BCUT2D eigenvalue weighted by Gasteiger charge is -2.11. The van der Waals surface area contributed by atoms with Crippen LogP contribution in [-0.2, 0) is 0 Å². The summed E-state index contributed by atoms with van der Waals surface area (Å²) >= 11 is -1.14. The van der Waals surface area contributed by atoms with Gasteiger partial charge in [0.15, 0.2) is 0 Å². The zero-order chi connectivity index (χ0) is 9.26. The molecule has 13 heavy (non-hydrogen) atoms. The largest absolute Gasteiger partial charge is 0.252 e. The number of hydrogen-bond donors (Lipinski definition) is 1. The Labute approximate surface area is 79.4 Å². The summed E-state index contributed by atoms with van der Waals surface area (Å²) in [6.45, 7) is 0. The maximum atomic E-state index is 10.8. The van der Waals surface area contributed by atoms with E-state index in [-0.39, 0.29) is 4.33 Å². The molecule has 3 nitrogen and oxygen atoms in total. The summed E-state index contributed by atoms with van der Waals surface area (Å²) in [5.41, 5.74) is 0. The molecule has 1 aromatic rings. The Morgan fingerprint density at radius 3 is 2.38 bits per heavy atom. The first-order valence-electron chi connectivity index (χ1n) is 4.27. The molecule has 4 heteroatoms. The van der Waals surface area contributed by atoms with Crippen molar-refractivity contribution in [1.29, 1.82) is 0 Å². The third-order valence-electron chi connectivity index (χ3n) is 2.09. The van der Waals surface area contributed by atoms with Gasteiger partial charge in [0.05, 0.1) is 4.33 Å². The molecule has 70 valence electrons. The van der Waals surface area contributed by atoms with Crippen molar-refractivity contribution in [2.75, 3.05) is 0 Å². The fraction of sp³-hybridized carbons (Fsp3) is 0.333. The first-order valence-corrected chi connectivity index (χ1v) is 5.64. The third kappa shape index (κ3) is 1.83. The number of benzene rings is 1. The molecule has 0 aliphatic heterocycles. The quantitative estimate of drug-likeness (QED) is 0.459. The highest BCUT2D eigenvalue weighted by Gasteiger charge is 2.37. The van der Waals surface area contributed by atoms with Gasteiger partial charge >= 0.3 is 0 Å². The van der Waals surface area contributed by atoms with Gasteiger partial charge in [0, 0.05) is 21.2 Å². The monoisotopic (exact) mass is 197 g/mol. The maximum Gasteiger partial charge on any atom is 0.0732 e. The second kappa shape index (κ2) is 3.38. The molecule has 1 saturated carbocycles. The van der Waals surface area contributed by atoms with Crippen LogP contribution < -0.4 is 0 Å². The number of hydrogen-bond acceptors (Lipinski definition) is 2. The smallest absolute Gasteiger partial charge is 0.0732 e. The Hall–Kier alpha value is -1.03. The molecular weight excluding hydrogens is 186 g/mol. The number of thiol groups is 1. The lowest BCUT2D eigenvalue weighted by molar-refractivity contribution is -0.290. The molecule has 1 aliphatic rings. The van der Waals surface area contributed by atoms with Crippen molar-refractivity contribution in [3.05, 3.63) is 40.4 Å². The first-order chi connectivity index (χ1) is 6.29. The second-order valence-electron chi connectivity index (χ2n) is 3.15. The lowest BCUT2D eigenvalue weighted by Crippen LogP contribution is -2.00. The summed E-state index contributed by atoms with van der Waals surface area (Å²) in [5.74, 6) is 0. The first kappa shape index (κ1) is 8.56. The zero-order valence-electron chi connectivity index (χ0n) is 7.09. The Kier molecular flexibility index (Phi) is 2.22. The van der Waals surface area contributed by atoms with E-state index in [1.165, 1.54) is 0 Å². The highest BCUT2D eigenvalue weighted by molar-refractivity contribution is 8.12. The summed E-state index contributed by atoms with van der Waals surface area (Å²) in [5, 5.41) is 11.2. The molecule has 1 fully saturated rings. The Balaban J connectivity index is 2.25. The molecule has 0 radical (unpaired) electrons. The van der Waals surface area contributed by atoms with Gasteiger partial charge in [-0.15, -0.1) is 0 Å². The van der Waals surface area contributed by atoms with E-state index in [2.05, 4.69) is 0 Å². The summed E-state index contributed by atoms with van der Waals surface area (Å²) in [6.07, 6.45) is 2.06. The molecule has 0 amide bonds. The normalized spacial score (nSPS) is 19.5. The predicted molar refractivity (Wildman–Crippen MR) is 53.7 cm³/mol. The summed E-state index contributed by atoms with van der Waals surface area (Å²) in [6, 6.07) is 9.37. The van der Waals surface area contributed by atoms with Crippen molar-refractivity contribution in [2.24, 2.45) is 0 Å². The van der Waals surface area contributed by atoms with E-state index in [1.807, 2.05) is 30.3 Å². The zero-order valence-corrected chi connectivity index (χ0v) is 7.98. The van der Waals surface area contributed by atoms with Crippen molar-refractivity contribution >= 4 is 11.1 Å². The fourth-order valence-corrected chi connectivity index (χ4v) is 3.33. The lowest BCUT2D eigenvalue weighted by atomic mass is 10.4. The van der Waals surface area contributed by atoms with E-state index in [0.29, 0.717) is 5.25 Å². The average molecular weight is 197 g/mol. The van der Waals surface area contributed by atoms with Gasteiger partial charge in [0.25, 0.3) is 0 Å². The molecule has 0 heterocycles. The van der Waals surface area contributed by atoms with E-state index >= 15 is 0 Å². The molecule has 0 aromatic heterocycles. The SMILES string of the molecule is O=[N+]([O-])[SH](c1ccccc1)C1CC1. The maximum absolute atomic E-state index is 10.8. The Morgan fingerprint density at radius 1 is 1.31 bits per heavy atom. The standard InChI is InChI=1S/C9H11NO2S/c11-10(12)13(9-6-7-9)8-4-2-1-3-5-8/h1-5,9,13H,6-7H2. The van der Waals surface area contributed by atoms with Crippen LogP contribution in [0.5, 0.6) is 0 Å². The van der Waals surface area contributed by atoms with E-state index in [4.69, 9.17) is 0 Å². The summed E-state index contributed by atoms with van der Waals surface area (Å²) in [4.78, 5) is 11.7. The topological polar surface area (TPSA) is 43.1 Å². The molecule has 0 bridgehead atoms. The van der Waals surface area contributed by atoms with Gasteiger partial charge in [-0.3, -0.25) is 10.1 Å². The number of nitrogens with zero attached hydrogens (tertiary/aromatic N) is 1. The van der Waals surface area contributed by atoms with Crippen LogP contribution in [0.4, 0.5) is 0 Å². The van der Waals surface area contributed by atoms with Gasteiger partial charge in [-0.2, -0.15) is 0 Å². The van der Waals surface area contributed by atoms with Gasteiger partial charge < -0.3 is 0 Å². The van der Waals surface area contributed by atoms with Crippen molar-refractivity contribution in [3.63, 3.8) is 0 Å². The van der Waals surface area contributed by atoms with Crippen LogP contribution >= 0.6 is 11.1 Å². The van der Waals surface area contributed by atoms with Gasteiger partial charge in [0.1, 0.15) is 0 Å². The number of nitro groups is 1. The van der Waals surface area contributed by atoms with Crippen LogP contribution in [0, 0.1) is 10.1 Å². The van der Waals surface area contributed by atoms with E-state index < -0.39 is 11.1 Å². The molecule has 0 spiro atoms. The van der Waals surface area contributed by atoms with Gasteiger partial charge in [-0.05, 0) is 25.0 Å². The minimum absolute atomic E-state index is 0.0949. The van der Waals surface area contributed by atoms with Crippen LogP contribution in [0.25, 0.3) is 0 Å². The Morgan fingerprint density at radius 2 is 1.92 bits per heavy atom. The molecular formula is C9H11NO2S. The average Bonchev–Trinajstić information content (AvgIpc) is 2.90. The van der Waals surface area contributed by atoms with Crippen molar-refractivity contribution in [3.8, 4) is 0 Å². The molecule has 1 unspecified atom stereocenters. The van der Waals surface area contributed by atoms with Crippen molar-refractivity contribution in [2.45, 2.75) is 23.0 Å². The molecule has 1 aliphatic carbocycles. The van der Waals surface area contributed by atoms with Gasteiger partial charge in [-0.25, -0.2) is 0 Å². The summed E-state index contributed by atoms with van der Waals surface area (Å²) < 4.78 is -0.0949. The van der Waals surface area contributed by atoms with Crippen LogP contribution in [0.3, 0.4) is 0 Å². The minimum atomic E-state index is -1.14. The van der Waals surface area contributed by atoms with Crippen LogP contribution in [-0.4, -0.2) is 9.58 Å². The predicted octanol–water partition coefficient (Wildman–Crippen LogP) is 2.40. The highest BCUT2D eigenvalue weighted by Crippen LogP contribution is 2.51. The number of rotatable bonds is 3. The highest BCUT2D eigenvalue weighted by atomic mass is 32.2. The fourth-order valence-electron chi connectivity index (χ4n) is 1.34. The van der Waals surface area contributed by atoms with Crippen LogP contribution in [0.15, 0.2) is 35.2 Å². The molecule has 1 aromatic carbocycles. The van der Waals surface area contributed by atoms with E-state index in [9.17, 15) is 10.1 Å². The second-order valence-corrected chi connectivity index (χ2v) is 5.41. The third-order valence-corrected chi connectivity index (χ3v) is 4.48. The molecule has 0 N–H and O–H groups in total. The van der Waals surface area contributed by atoms with Crippen LogP contribution in [0.2, 0.25) is 0 Å². The Bertz CT molecular complexity index is 311. The van der Waals surface area contributed by atoms with Crippen LogP contribution in [0.1, 0.15) is 12.8 Å².